The average molecular weight is 221 g/mol. The van der Waals surface area contributed by atoms with Crippen LogP contribution in [0.4, 0.5) is 0 Å². The standard InChI is InChI=1S/C6H7NO4S2/c1-13(10,11)6-7-4(3-12-6)2-5(8)9/h3H,2H2,1H3,(H,8,9). The second-order valence-electron chi connectivity index (χ2n) is 2.45. The van der Waals surface area contributed by atoms with E-state index in [4.69, 9.17) is 5.11 Å². The number of nitrogens with zero attached hydrogens (tertiary/aromatic N) is 1. The zero-order valence-electron chi connectivity index (χ0n) is 6.72. The zero-order chi connectivity index (χ0) is 10.1. The lowest BCUT2D eigenvalue weighted by atomic mass is 10.3. The lowest BCUT2D eigenvalue weighted by Crippen LogP contribution is -2.01. The molecule has 72 valence electrons. The Morgan fingerprint density at radius 3 is 2.69 bits per heavy atom. The zero-order valence-corrected chi connectivity index (χ0v) is 8.35. The van der Waals surface area contributed by atoms with Crippen molar-refractivity contribution in [1.82, 2.24) is 4.98 Å². The molecule has 0 aliphatic heterocycles. The predicted octanol–water partition coefficient (Wildman–Crippen LogP) is 0.174. The van der Waals surface area contributed by atoms with Gasteiger partial charge < -0.3 is 5.11 Å². The molecule has 0 aliphatic rings. The third-order valence-corrected chi connectivity index (χ3v) is 3.79. The van der Waals surface area contributed by atoms with Crippen LogP contribution in [0, 0.1) is 0 Å². The first-order valence-electron chi connectivity index (χ1n) is 3.26. The minimum atomic E-state index is -3.30. The fourth-order valence-electron chi connectivity index (χ4n) is 0.695. The van der Waals surface area contributed by atoms with Gasteiger partial charge in [-0.15, -0.1) is 11.3 Å². The van der Waals surface area contributed by atoms with Crippen molar-refractivity contribution in [1.29, 1.82) is 0 Å². The Kier molecular flexibility index (Phi) is 2.67. The van der Waals surface area contributed by atoms with E-state index in [9.17, 15) is 13.2 Å². The Balaban J connectivity index is 2.94. The van der Waals surface area contributed by atoms with Gasteiger partial charge in [-0.1, -0.05) is 0 Å². The lowest BCUT2D eigenvalue weighted by molar-refractivity contribution is -0.136. The highest BCUT2D eigenvalue weighted by Gasteiger charge is 2.13. The summed E-state index contributed by atoms with van der Waals surface area (Å²) in [6, 6.07) is 0. The number of carbonyl (C=O) groups is 1. The molecule has 0 saturated carbocycles. The second-order valence-corrected chi connectivity index (χ2v) is 5.49. The first kappa shape index (κ1) is 10.1. The Hall–Kier alpha value is -0.950. The number of carboxylic acids is 1. The molecule has 0 aromatic carbocycles. The molecule has 0 spiro atoms. The van der Waals surface area contributed by atoms with Crippen molar-refractivity contribution in [2.75, 3.05) is 6.26 Å². The molecule has 0 saturated heterocycles. The summed E-state index contributed by atoms with van der Waals surface area (Å²) in [6.45, 7) is 0. The summed E-state index contributed by atoms with van der Waals surface area (Å²) in [5.41, 5.74) is 0.276. The van der Waals surface area contributed by atoms with Gasteiger partial charge in [-0.05, 0) is 0 Å². The Bertz CT molecular complexity index is 420. The Morgan fingerprint density at radius 1 is 1.69 bits per heavy atom. The highest BCUT2D eigenvalue weighted by molar-refractivity contribution is 7.92. The summed E-state index contributed by atoms with van der Waals surface area (Å²) in [4.78, 5) is 13.9. The third kappa shape index (κ3) is 2.78. The highest BCUT2D eigenvalue weighted by Crippen LogP contribution is 2.15. The average Bonchev–Trinajstić information content (AvgIpc) is 2.32. The van der Waals surface area contributed by atoms with Crippen molar-refractivity contribution in [3.05, 3.63) is 11.1 Å². The predicted molar refractivity (Wildman–Crippen MR) is 46.6 cm³/mol. The molecule has 0 amide bonds. The Labute approximate surface area is 79.0 Å². The van der Waals surface area contributed by atoms with E-state index in [2.05, 4.69) is 4.98 Å². The topological polar surface area (TPSA) is 84.3 Å². The third-order valence-electron chi connectivity index (χ3n) is 1.18. The van der Waals surface area contributed by atoms with Crippen molar-refractivity contribution >= 4 is 27.1 Å². The minimum absolute atomic E-state index is 0.0382. The van der Waals surface area contributed by atoms with Gasteiger partial charge in [0.25, 0.3) is 0 Å². The van der Waals surface area contributed by atoms with Crippen LogP contribution in [0.1, 0.15) is 5.69 Å². The monoisotopic (exact) mass is 221 g/mol. The fraction of sp³-hybridized carbons (Fsp3) is 0.333. The van der Waals surface area contributed by atoms with Crippen LogP contribution in [0.25, 0.3) is 0 Å². The van der Waals surface area contributed by atoms with E-state index in [-0.39, 0.29) is 16.5 Å². The van der Waals surface area contributed by atoms with Gasteiger partial charge in [-0.2, -0.15) is 0 Å². The van der Waals surface area contributed by atoms with Gasteiger partial charge >= 0.3 is 5.97 Å². The van der Waals surface area contributed by atoms with Crippen LogP contribution in [0.3, 0.4) is 0 Å². The Morgan fingerprint density at radius 2 is 2.31 bits per heavy atom. The quantitative estimate of drug-likeness (QED) is 0.786. The van der Waals surface area contributed by atoms with E-state index in [0.29, 0.717) is 0 Å². The van der Waals surface area contributed by atoms with Crippen LogP contribution in [0.15, 0.2) is 9.72 Å². The molecule has 0 fully saturated rings. The molecular formula is C6H7NO4S2. The maximum atomic E-state index is 10.9. The first-order chi connectivity index (χ1) is 5.89. The summed E-state index contributed by atoms with van der Waals surface area (Å²) in [6.07, 6.45) is 0.794. The number of hydrogen-bond acceptors (Lipinski definition) is 5. The molecule has 1 heterocycles. The number of rotatable bonds is 3. The summed E-state index contributed by atoms with van der Waals surface area (Å²) in [5.74, 6) is -1.02. The highest BCUT2D eigenvalue weighted by atomic mass is 32.2. The van der Waals surface area contributed by atoms with Gasteiger partial charge in [0, 0.05) is 11.6 Å². The molecule has 5 nitrogen and oxygen atoms in total. The van der Waals surface area contributed by atoms with E-state index in [1.54, 1.807) is 0 Å². The van der Waals surface area contributed by atoms with Crippen LogP contribution in [-0.4, -0.2) is 30.7 Å². The fourth-order valence-corrected chi connectivity index (χ4v) is 2.36. The van der Waals surface area contributed by atoms with Crippen LogP contribution >= 0.6 is 11.3 Å². The van der Waals surface area contributed by atoms with E-state index in [1.807, 2.05) is 0 Å². The van der Waals surface area contributed by atoms with Gasteiger partial charge in [0.05, 0.1) is 12.1 Å². The molecule has 0 atom stereocenters. The van der Waals surface area contributed by atoms with Crippen LogP contribution < -0.4 is 0 Å². The molecular weight excluding hydrogens is 214 g/mol. The van der Waals surface area contributed by atoms with Crippen molar-refractivity contribution in [3.8, 4) is 0 Å². The number of aliphatic carboxylic acids is 1. The van der Waals surface area contributed by atoms with Crippen molar-refractivity contribution in [2.45, 2.75) is 10.8 Å². The van der Waals surface area contributed by atoms with Crippen molar-refractivity contribution in [2.24, 2.45) is 0 Å². The van der Waals surface area contributed by atoms with E-state index in [0.717, 1.165) is 17.6 Å². The van der Waals surface area contributed by atoms with E-state index in [1.165, 1.54) is 5.38 Å². The van der Waals surface area contributed by atoms with Gasteiger partial charge in [0.2, 0.25) is 14.2 Å². The van der Waals surface area contributed by atoms with Gasteiger partial charge in [-0.25, -0.2) is 13.4 Å². The molecule has 0 unspecified atom stereocenters. The van der Waals surface area contributed by atoms with Gasteiger partial charge in [0.15, 0.2) is 0 Å². The normalized spacial score (nSPS) is 11.5. The van der Waals surface area contributed by atoms with Gasteiger partial charge in [-0.3, -0.25) is 4.79 Å². The molecule has 1 aromatic heterocycles. The van der Waals surface area contributed by atoms with Crippen molar-refractivity contribution in [3.63, 3.8) is 0 Å². The molecule has 1 N–H and O–H groups in total. The SMILES string of the molecule is CS(=O)(=O)c1nc(CC(=O)O)cs1. The maximum Gasteiger partial charge on any atom is 0.309 e. The molecule has 1 rings (SSSR count). The summed E-state index contributed by atoms with van der Waals surface area (Å²) < 4.78 is 21.8. The first-order valence-corrected chi connectivity index (χ1v) is 6.03. The molecule has 7 heteroatoms. The molecule has 13 heavy (non-hydrogen) atoms. The van der Waals surface area contributed by atoms with Crippen LogP contribution in [0.2, 0.25) is 0 Å². The number of sulfone groups is 1. The lowest BCUT2D eigenvalue weighted by Gasteiger charge is -1.88. The van der Waals surface area contributed by atoms with Crippen LogP contribution in [-0.2, 0) is 21.1 Å². The molecule has 0 aliphatic carbocycles. The second kappa shape index (κ2) is 3.43. The van der Waals surface area contributed by atoms with Crippen LogP contribution in [0.5, 0.6) is 0 Å². The smallest absolute Gasteiger partial charge is 0.309 e. The largest absolute Gasteiger partial charge is 0.481 e. The van der Waals surface area contributed by atoms with Crippen molar-refractivity contribution < 1.29 is 18.3 Å². The number of aromatic nitrogens is 1. The van der Waals surface area contributed by atoms with E-state index >= 15 is 0 Å². The molecule has 0 radical (unpaired) electrons. The summed E-state index contributed by atoms with van der Waals surface area (Å²) in [5, 5.41) is 9.83. The molecule has 1 aromatic rings. The number of carboxylic acid groups (broad SMARTS) is 1. The van der Waals surface area contributed by atoms with Gasteiger partial charge in [0.1, 0.15) is 0 Å². The number of hydrogen-bond donors (Lipinski definition) is 1. The summed E-state index contributed by atoms with van der Waals surface area (Å²) >= 11 is 0.936. The summed E-state index contributed by atoms with van der Waals surface area (Å²) in [7, 11) is -3.30. The van der Waals surface area contributed by atoms with E-state index < -0.39 is 15.8 Å². The number of thiazole rings is 1. The molecule has 0 bridgehead atoms. The minimum Gasteiger partial charge on any atom is -0.481 e. The maximum absolute atomic E-state index is 10.9.